The van der Waals surface area contributed by atoms with E-state index in [1.807, 2.05) is 13.8 Å². The van der Waals surface area contributed by atoms with Crippen molar-refractivity contribution in [2.24, 2.45) is 13.0 Å². The Kier molecular flexibility index (Phi) is 4.25. The van der Waals surface area contributed by atoms with Crippen LogP contribution in [0.3, 0.4) is 0 Å². The van der Waals surface area contributed by atoms with Crippen LogP contribution in [0.2, 0.25) is 0 Å². The molecule has 6 heteroatoms. The molecular weight excluding hydrogens is 222 g/mol. The summed E-state index contributed by atoms with van der Waals surface area (Å²) in [4.78, 5) is 26.6. The van der Waals surface area contributed by atoms with E-state index in [1.165, 1.54) is 12.5 Å². The Balaban J connectivity index is 2.71. The normalized spacial score (nSPS) is 12.5. The van der Waals surface area contributed by atoms with Gasteiger partial charge in [-0.1, -0.05) is 13.8 Å². The van der Waals surface area contributed by atoms with Gasteiger partial charge in [-0.25, -0.2) is 9.78 Å². The third-order valence-corrected chi connectivity index (χ3v) is 2.36. The molecule has 0 saturated heterocycles. The number of imidazole rings is 1. The molecule has 1 aromatic heterocycles. The number of hydrogen-bond donors (Lipinski definition) is 2. The molecule has 0 bridgehead atoms. The van der Waals surface area contributed by atoms with Gasteiger partial charge in [0.1, 0.15) is 11.7 Å². The highest BCUT2D eigenvalue weighted by Gasteiger charge is 2.22. The molecule has 0 saturated carbocycles. The molecule has 94 valence electrons. The molecule has 0 aromatic carbocycles. The van der Waals surface area contributed by atoms with E-state index in [4.69, 9.17) is 5.11 Å². The Morgan fingerprint density at radius 1 is 1.53 bits per heavy atom. The maximum Gasteiger partial charge on any atom is 0.326 e. The van der Waals surface area contributed by atoms with Gasteiger partial charge in [-0.2, -0.15) is 0 Å². The first-order valence-electron chi connectivity index (χ1n) is 5.41. The Morgan fingerprint density at radius 2 is 2.18 bits per heavy atom. The minimum atomic E-state index is -1.02. The van der Waals surface area contributed by atoms with Crippen LogP contribution in [0.4, 0.5) is 0 Å². The molecule has 1 aromatic rings. The maximum absolute atomic E-state index is 11.8. The molecule has 1 rings (SSSR count). The second-order valence-electron chi connectivity index (χ2n) is 4.38. The topological polar surface area (TPSA) is 84.2 Å². The molecule has 0 unspecified atom stereocenters. The number of aliphatic carboxylic acids is 1. The Labute approximate surface area is 99.7 Å². The van der Waals surface area contributed by atoms with E-state index in [1.54, 1.807) is 11.6 Å². The molecule has 0 aliphatic carbocycles. The first-order chi connectivity index (χ1) is 7.91. The molecule has 1 amide bonds. The summed E-state index contributed by atoms with van der Waals surface area (Å²) in [7, 11) is 1.68. The summed E-state index contributed by atoms with van der Waals surface area (Å²) in [6.45, 7) is 3.82. The summed E-state index contributed by atoms with van der Waals surface area (Å²) in [5.74, 6) is -1.24. The summed E-state index contributed by atoms with van der Waals surface area (Å²) in [5.41, 5.74) is 0.347. The molecule has 0 radical (unpaired) electrons. The fourth-order valence-electron chi connectivity index (χ4n) is 1.50. The Hall–Kier alpha value is -1.85. The van der Waals surface area contributed by atoms with E-state index in [9.17, 15) is 9.59 Å². The van der Waals surface area contributed by atoms with Gasteiger partial charge in [-0.05, 0) is 12.3 Å². The van der Waals surface area contributed by atoms with Crippen LogP contribution in [-0.4, -0.2) is 32.6 Å². The number of amides is 1. The van der Waals surface area contributed by atoms with Crippen molar-refractivity contribution in [3.05, 3.63) is 18.2 Å². The van der Waals surface area contributed by atoms with E-state index in [-0.39, 0.29) is 5.92 Å². The fourth-order valence-corrected chi connectivity index (χ4v) is 1.50. The monoisotopic (exact) mass is 239 g/mol. The smallest absolute Gasteiger partial charge is 0.326 e. The van der Waals surface area contributed by atoms with Crippen molar-refractivity contribution < 1.29 is 14.7 Å². The van der Waals surface area contributed by atoms with Crippen LogP contribution in [-0.2, 0) is 11.8 Å². The zero-order chi connectivity index (χ0) is 13.0. The SMILES string of the molecule is CC(C)C[C@H](NC(=O)c1cncn1C)C(=O)O. The maximum atomic E-state index is 11.8. The number of nitrogens with zero attached hydrogens (tertiary/aromatic N) is 2. The third kappa shape index (κ3) is 3.58. The van der Waals surface area contributed by atoms with Gasteiger partial charge < -0.3 is 15.0 Å². The van der Waals surface area contributed by atoms with Crippen LogP contribution in [0.5, 0.6) is 0 Å². The van der Waals surface area contributed by atoms with E-state index in [0.29, 0.717) is 12.1 Å². The molecule has 2 N–H and O–H groups in total. The largest absolute Gasteiger partial charge is 0.480 e. The van der Waals surface area contributed by atoms with Crippen molar-refractivity contribution in [2.75, 3.05) is 0 Å². The highest BCUT2D eigenvalue weighted by atomic mass is 16.4. The fraction of sp³-hybridized carbons (Fsp3) is 0.545. The number of carbonyl (C=O) groups is 2. The lowest BCUT2D eigenvalue weighted by Crippen LogP contribution is -2.42. The average molecular weight is 239 g/mol. The summed E-state index contributed by atoms with van der Waals surface area (Å²) in [6, 6.07) is -0.864. The first-order valence-corrected chi connectivity index (χ1v) is 5.41. The number of carboxylic acids is 1. The minimum Gasteiger partial charge on any atom is -0.480 e. The Morgan fingerprint density at radius 3 is 2.59 bits per heavy atom. The molecule has 0 spiro atoms. The molecule has 1 heterocycles. The molecule has 1 atom stereocenters. The number of nitrogens with one attached hydrogen (secondary N) is 1. The minimum absolute atomic E-state index is 0.197. The van der Waals surface area contributed by atoms with Crippen molar-refractivity contribution in [3.8, 4) is 0 Å². The van der Waals surface area contributed by atoms with Crippen molar-refractivity contribution in [2.45, 2.75) is 26.3 Å². The highest BCUT2D eigenvalue weighted by Crippen LogP contribution is 2.06. The lowest BCUT2D eigenvalue weighted by molar-refractivity contribution is -0.139. The van der Waals surface area contributed by atoms with E-state index >= 15 is 0 Å². The van der Waals surface area contributed by atoms with Crippen molar-refractivity contribution in [3.63, 3.8) is 0 Å². The number of aryl methyl sites for hydroxylation is 1. The number of hydrogen-bond acceptors (Lipinski definition) is 3. The summed E-state index contributed by atoms with van der Waals surface area (Å²) < 4.78 is 1.55. The van der Waals surface area contributed by atoms with Crippen molar-refractivity contribution in [1.29, 1.82) is 0 Å². The van der Waals surface area contributed by atoms with Crippen LogP contribution < -0.4 is 5.32 Å². The Bertz CT molecular complexity index is 412. The van der Waals surface area contributed by atoms with Gasteiger partial charge in [-0.3, -0.25) is 4.79 Å². The number of carboxylic acid groups (broad SMARTS) is 1. The predicted molar refractivity (Wildman–Crippen MR) is 61.6 cm³/mol. The van der Waals surface area contributed by atoms with Gasteiger partial charge >= 0.3 is 5.97 Å². The van der Waals surface area contributed by atoms with E-state index in [0.717, 1.165) is 0 Å². The van der Waals surface area contributed by atoms with Crippen molar-refractivity contribution in [1.82, 2.24) is 14.9 Å². The number of rotatable bonds is 5. The van der Waals surface area contributed by atoms with Crippen LogP contribution in [0, 0.1) is 5.92 Å². The molecule has 0 fully saturated rings. The zero-order valence-corrected chi connectivity index (χ0v) is 10.2. The van der Waals surface area contributed by atoms with Crippen LogP contribution in [0.15, 0.2) is 12.5 Å². The summed E-state index contributed by atoms with van der Waals surface area (Å²) in [6.07, 6.45) is 3.30. The van der Waals surface area contributed by atoms with Gasteiger partial charge in [-0.15, -0.1) is 0 Å². The second-order valence-corrected chi connectivity index (χ2v) is 4.38. The van der Waals surface area contributed by atoms with Crippen LogP contribution in [0.25, 0.3) is 0 Å². The van der Waals surface area contributed by atoms with Crippen molar-refractivity contribution >= 4 is 11.9 Å². The van der Waals surface area contributed by atoms with Gasteiger partial charge in [0.25, 0.3) is 5.91 Å². The van der Waals surface area contributed by atoms with E-state index < -0.39 is 17.9 Å². The van der Waals surface area contributed by atoms with Crippen LogP contribution >= 0.6 is 0 Å². The van der Waals surface area contributed by atoms with Crippen LogP contribution in [0.1, 0.15) is 30.8 Å². The van der Waals surface area contributed by atoms with Gasteiger partial charge in [0.15, 0.2) is 0 Å². The number of carbonyl (C=O) groups excluding carboxylic acids is 1. The predicted octanol–water partition coefficient (Wildman–Crippen LogP) is 0.649. The van der Waals surface area contributed by atoms with Gasteiger partial charge in [0.2, 0.25) is 0 Å². The molecule has 17 heavy (non-hydrogen) atoms. The lowest BCUT2D eigenvalue weighted by Gasteiger charge is -2.16. The second kappa shape index (κ2) is 5.47. The number of aromatic nitrogens is 2. The first kappa shape index (κ1) is 13.2. The third-order valence-electron chi connectivity index (χ3n) is 2.36. The molecule has 0 aliphatic heterocycles. The summed E-state index contributed by atoms with van der Waals surface area (Å²) >= 11 is 0. The molecule has 6 nitrogen and oxygen atoms in total. The van der Waals surface area contributed by atoms with Gasteiger partial charge in [0.05, 0.1) is 12.5 Å². The standard InChI is InChI=1S/C11H17N3O3/c1-7(2)4-8(11(16)17)13-10(15)9-5-12-6-14(9)3/h5-8H,4H2,1-3H3,(H,13,15)(H,16,17)/t8-/m0/s1. The van der Waals surface area contributed by atoms with E-state index in [2.05, 4.69) is 10.3 Å². The summed E-state index contributed by atoms with van der Waals surface area (Å²) in [5, 5.41) is 11.5. The average Bonchev–Trinajstić information content (AvgIpc) is 2.62. The highest BCUT2D eigenvalue weighted by molar-refractivity contribution is 5.95. The molecule has 0 aliphatic rings. The lowest BCUT2D eigenvalue weighted by atomic mass is 10.0. The molecular formula is C11H17N3O3. The zero-order valence-electron chi connectivity index (χ0n) is 10.2. The quantitative estimate of drug-likeness (QED) is 0.790. The van der Waals surface area contributed by atoms with Gasteiger partial charge in [0, 0.05) is 7.05 Å².